The third-order valence-corrected chi connectivity index (χ3v) is 8.80. The fraction of sp³-hybridized carbons (Fsp3) is 0.640. The van der Waals surface area contributed by atoms with Crippen LogP contribution < -0.4 is 16.1 Å². The Bertz CT molecular complexity index is 1210. The van der Waals surface area contributed by atoms with Crippen LogP contribution in [0.4, 0.5) is 5.00 Å². The molecule has 2 unspecified atom stereocenters. The molecule has 2 saturated carbocycles. The van der Waals surface area contributed by atoms with Crippen molar-refractivity contribution in [2.75, 3.05) is 18.5 Å². The van der Waals surface area contributed by atoms with Gasteiger partial charge in [-0.05, 0) is 73.8 Å². The van der Waals surface area contributed by atoms with E-state index in [1.54, 1.807) is 15.9 Å². The molecule has 3 aromatic rings. The molecule has 2 aliphatic rings. The second kappa shape index (κ2) is 9.12. The quantitative estimate of drug-likeness (QED) is 0.530. The first-order valence-corrected chi connectivity index (χ1v) is 13.4. The van der Waals surface area contributed by atoms with Crippen LogP contribution in [0.25, 0.3) is 11.2 Å². The molecule has 3 aromatic heterocycles. The maximum atomic E-state index is 13.1. The van der Waals surface area contributed by atoms with Crippen molar-refractivity contribution in [3.8, 4) is 0 Å². The minimum absolute atomic E-state index is 0.225. The zero-order valence-corrected chi connectivity index (χ0v) is 20.7. The largest absolute Gasteiger partial charge is 0.366 e. The van der Waals surface area contributed by atoms with E-state index in [0.29, 0.717) is 42.0 Å². The van der Waals surface area contributed by atoms with Gasteiger partial charge in [0.1, 0.15) is 11.3 Å². The van der Waals surface area contributed by atoms with Gasteiger partial charge in [0.05, 0.1) is 5.00 Å². The Balaban J connectivity index is 1.43. The number of aromatic amines is 1. The van der Waals surface area contributed by atoms with Crippen molar-refractivity contribution in [3.63, 3.8) is 0 Å². The van der Waals surface area contributed by atoms with Crippen LogP contribution in [0.5, 0.6) is 0 Å². The van der Waals surface area contributed by atoms with Crippen LogP contribution >= 0.6 is 11.3 Å². The predicted molar refractivity (Wildman–Crippen MR) is 134 cm³/mol. The van der Waals surface area contributed by atoms with Crippen LogP contribution in [0.2, 0.25) is 0 Å². The van der Waals surface area contributed by atoms with E-state index in [9.17, 15) is 9.59 Å². The standard InChI is InChI=1S/C25H35N5O2S/c1-4-10-29-23-21(24(31)30(11-5-2)25(29)32)26-22(27-23)18-13-16-8-9-17(14-18)19(16)15-28(3)20-7-6-12-33-20/h6-7,12,16-19H,4-5,8-11,13-15H2,1-3H3,(H,26,27). The fourth-order valence-corrected chi connectivity index (χ4v) is 7.00. The van der Waals surface area contributed by atoms with Gasteiger partial charge < -0.3 is 9.88 Å². The van der Waals surface area contributed by atoms with Gasteiger partial charge in [0.25, 0.3) is 5.56 Å². The van der Waals surface area contributed by atoms with Gasteiger partial charge in [-0.1, -0.05) is 13.8 Å². The van der Waals surface area contributed by atoms with E-state index < -0.39 is 0 Å². The number of aryl methyl sites for hydroxylation is 1. The first kappa shape index (κ1) is 22.4. The molecule has 0 spiro atoms. The summed E-state index contributed by atoms with van der Waals surface area (Å²) in [4.78, 5) is 36.8. The van der Waals surface area contributed by atoms with Crippen molar-refractivity contribution in [2.45, 2.75) is 71.4 Å². The molecule has 3 heterocycles. The fourth-order valence-electron chi connectivity index (χ4n) is 6.29. The molecule has 0 aliphatic heterocycles. The van der Waals surface area contributed by atoms with Crippen LogP contribution in [0.15, 0.2) is 27.1 Å². The molecule has 7 nitrogen and oxygen atoms in total. The molecule has 0 radical (unpaired) electrons. The molecule has 2 bridgehead atoms. The normalized spacial score (nSPS) is 24.6. The lowest BCUT2D eigenvalue weighted by Gasteiger charge is -2.37. The van der Waals surface area contributed by atoms with E-state index in [1.807, 2.05) is 13.8 Å². The van der Waals surface area contributed by atoms with E-state index in [2.05, 4.69) is 34.4 Å². The highest BCUT2D eigenvalue weighted by Crippen LogP contribution is 2.52. The van der Waals surface area contributed by atoms with Crippen LogP contribution in [0.1, 0.15) is 64.1 Å². The first-order valence-electron chi connectivity index (χ1n) is 12.5. The number of nitrogens with one attached hydrogen (secondary N) is 1. The molecule has 2 fully saturated rings. The topological polar surface area (TPSA) is 75.9 Å². The summed E-state index contributed by atoms with van der Waals surface area (Å²) in [6, 6.07) is 4.32. The summed E-state index contributed by atoms with van der Waals surface area (Å²) in [5.74, 6) is 3.35. The smallest absolute Gasteiger partial charge is 0.332 e. The number of nitrogens with zero attached hydrogens (tertiary/aromatic N) is 4. The molecule has 5 rings (SSSR count). The summed E-state index contributed by atoms with van der Waals surface area (Å²) < 4.78 is 3.07. The van der Waals surface area contributed by atoms with E-state index in [0.717, 1.165) is 44.0 Å². The van der Waals surface area contributed by atoms with Crippen molar-refractivity contribution >= 4 is 27.5 Å². The van der Waals surface area contributed by atoms with Crippen LogP contribution in [-0.4, -0.2) is 32.7 Å². The SMILES string of the molecule is CCCn1c(=O)c2[nH]c(C3CC4CCC(C3)C4CN(C)c3cccs3)nc2n(CCC)c1=O. The number of aromatic nitrogens is 4. The summed E-state index contributed by atoms with van der Waals surface area (Å²) in [5.41, 5.74) is 0.589. The summed E-state index contributed by atoms with van der Waals surface area (Å²) in [5, 5.41) is 3.48. The highest BCUT2D eigenvalue weighted by atomic mass is 32.1. The van der Waals surface area contributed by atoms with E-state index in [1.165, 1.54) is 22.4 Å². The molecule has 33 heavy (non-hydrogen) atoms. The average molecular weight is 470 g/mol. The van der Waals surface area contributed by atoms with Crippen LogP contribution in [-0.2, 0) is 13.1 Å². The number of thiophene rings is 1. The zero-order chi connectivity index (χ0) is 23.1. The number of hydrogen-bond acceptors (Lipinski definition) is 5. The van der Waals surface area contributed by atoms with Crippen molar-refractivity contribution in [2.24, 2.45) is 17.8 Å². The van der Waals surface area contributed by atoms with E-state index in [4.69, 9.17) is 4.98 Å². The number of imidazole rings is 1. The third-order valence-electron chi connectivity index (χ3n) is 7.82. The maximum Gasteiger partial charge on any atom is 0.332 e. The van der Waals surface area contributed by atoms with E-state index in [-0.39, 0.29) is 11.2 Å². The molecule has 8 heteroatoms. The van der Waals surface area contributed by atoms with Gasteiger partial charge in [-0.15, -0.1) is 11.3 Å². The third kappa shape index (κ3) is 3.96. The van der Waals surface area contributed by atoms with Crippen molar-refractivity contribution < 1.29 is 0 Å². The summed E-state index contributed by atoms with van der Waals surface area (Å²) in [6.07, 6.45) is 6.37. The highest BCUT2D eigenvalue weighted by molar-refractivity contribution is 7.14. The summed E-state index contributed by atoms with van der Waals surface area (Å²) in [7, 11) is 2.21. The maximum absolute atomic E-state index is 13.1. The highest BCUT2D eigenvalue weighted by Gasteiger charge is 2.44. The Morgan fingerprint density at radius 2 is 1.82 bits per heavy atom. The monoisotopic (exact) mass is 469 g/mol. The minimum Gasteiger partial charge on any atom is -0.366 e. The molecular formula is C25H35N5O2S. The predicted octanol–water partition coefficient (Wildman–Crippen LogP) is 4.42. The van der Waals surface area contributed by atoms with Gasteiger partial charge in [0.2, 0.25) is 0 Å². The Hall–Kier alpha value is -2.35. The molecule has 178 valence electrons. The van der Waals surface area contributed by atoms with Gasteiger partial charge in [-0.2, -0.15) is 0 Å². The molecular weight excluding hydrogens is 434 g/mol. The Kier molecular flexibility index (Phi) is 6.20. The van der Waals surface area contributed by atoms with Crippen LogP contribution in [0, 0.1) is 17.8 Å². The zero-order valence-electron chi connectivity index (χ0n) is 19.9. The number of anilines is 1. The minimum atomic E-state index is -0.227. The Morgan fingerprint density at radius 3 is 2.45 bits per heavy atom. The van der Waals surface area contributed by atoms with Crippen molar-refractivity contribution in [1.82, 2.24) is 19.1 Å². The van der Waals surface area contributed by atoms with E-state index >= 15 is 0 Å². The second-order valence-corrected chi connectivity index (χ2v) is 10.9. The lowest BCUT2D eigenvalue weighted by molar-refractivity contribution is 0.206. The van der Waals surface area contributed by atoms with Gasteiger partial charge in [-0.3, -0.25) is 13.9 Å². The van der Waals surface area contributed by atoms with Gasteiger partial charge >= 0.3 is 5.69 Å². The molecule has 0 saturated heterocycles. The molecule has 2 atom stereocenters. The molecule has 0 aromatic carbocycles. The lowest BCUT2D eigenvalue weighted by Crippen LogP contribution is -2.40. The lowest BCUT2D eigenvalue weighted by atomic mass is 9.73. The molecule has 2 aliphatic carbocycles. The first-order chi connectivity index (χ1) is 16.0. The molecule has 1 N–H and O–H groups in total. The van der Waals surface area contributed by atoms with Crippen LogP contribution in [0.3, 0.4) is 0 Å². The van der Waals surface area contributed by atoms with Crippen molar-refractivity contribution in [1.29, 1.82) is 0 Å². The average Bonchev–Trinajstić information content (AvgIpc) is 3.53. The Labute approximate surface area is 198 Å². The number of H-pyrrole nitrogens is 1. The van der Waals surface area contributed by atoms with Crippen molar-refractivity contribution in [3.05, 3.63) is 44.2 Å². The van der Waals surface area contributed by atoms with Gasteiger partial charge in [0, 0.05) is 32.6 Å². The Morgan fingerprint density at radius 1 is 1.12 bits per heavy atom. The number of fused-ring (bicyclic) bond motifs is 3. The number of rotatable bonds is 8. The summed E-state index contributed by atoms with van der Waals surface area (Å²) in [6.45, 7) is 6.17. The van der Waals surface area contributed by atoms with Gasteiger partial charge in [-0.25, -0.2) is 9.78 Å². The molecule has 0 amide bonds. The summed E-state index contributed by atoms with van der Waals surface area (Å²) >= 11 is 1.81. The van der Waals surface area contributed by atoms with Gasteiger partial charge in [0.15, 0.2) is 5.65 Å². The second-order valence-electron chi connectivity index (χ2n) is 9.97. The number of hydrogen-bond donors (Lipinski definition) is 1.